The van der Waals surface area contributed by atoms with Crippen LogP contribution in [0.2, 0.25) is 0 Å². The van der Waals surface area contributed by atoms with Crippen LogP contribution >= 0.6 is 0 Å². The van der Waals surface area contributed by atoms with Gasteiger partial charge in [0.25, 0.3) is 0 Å². The van der Waals surface area contributed by atoms with Gasteiger partial charge in [-0.1, -0.05) is 6.42 Å². The van der Waals surface area contributed by atoms with E-state index < -0.39 is 0 Å². The largest absolute Gasteiger partial charge is 0.468 e. The van der Waals surface area contributed by atoms with Crippen molar-refractivity contribution in [1.29, 1.82) is 0 Å². The first-order chi connectivity index (χ1) is 7.25. The summed E-state index contributed by atoms with van der Waals surface area (Å²) in [5, 5.41) is 9.71. The van der Waals surface area contributed by atoms with Crippen LogP contribution in [0, 0.1) is 5.92 Å². The maximum atomic E-state index is 9.71. The number of aliphatic hydroxyl groups is 1. The molecule has 0 aliphatic heterocycles. The molecule has 2 unspecified atom stereocenters. The summed E-state index contributed by atoms with van der Waals surface area (Å²) in [6.07, 6.45) is 4.90. The monoisotopic (exact) mass is 209 g/mol. The molecule has 84 valence electrons. The first-order valence-corrected chi connectivity index (χ1v) is 5.64. The fraction of sp³-hybridized carbons (Fsp3) is 0.667. The van der Waals surface area contributed by atoms with Crippen LogP contribution in [0.3, 0.4) is 0 Å². The summed E-state index contributed by atoms with van der Waals surface area (Å²) in [6, 6.07) is 3.90. The normalized spacial score (nSPS) is 26.3. The van der Waals surface area contributed by atoms with E-state index in [0.717, 1.165) is 31.7 Å². The van der Waals surface area contributed by atoms with Gasteiger partial charge in [0, 0.05) is 6.54 Å². The average molecular weight is 209 g/mol. The maximum Gasteiger partial charge on any atom is 0.117 e. The van der Waals surface area contributed by atoms with Gasteiger partial charge in [-0.2, -0.15) is 0 Å². The second kappa shape index (κ2) is 4.81. The van der Waals surface area contributed by atoms with Crippen LogP contribution in [0.5, 0.6) is 0 Å². The van der Waals surface area contributed by atoms with E-state index in [1.165, 1.54) is 6.42 Å². The minimum atomic E-state index is -0.0935. The van der Waals surface area contributed by atoms with Crippen molar-refractivity contribution >= 4 is 0 Å². The minimum Gasteiger partial charge on any atom is -0.468 e. The van der Waals surface area contributed by atoms with Crippen LogP contribution in [0.1, 0.15) is 25.0 Å². The molecule has 0 spiro atoms. The van der Waals surface area contributed by atoms with E-state index in [4.69, 9.17) is 4.42 Å². The quantitative estimate of drug-likeness (QED) is 0.822. The summed E-state index contributed by atoms with van der Waals surface area (Å²) < 4.78 is 5.29. The van der Waals surface area contributed by atoms with Gasteiger partial charge in [0.1, 0.15) is 5.76 Å². The van der Waals surface area contributed by atoms with Gasteiger partial charge in [-0.25, -0.2) is 0 Å². The van der Waals surface area contributed by atoms with Gasteiger partial charge in [0.15, 0.2) is 0 Å². The molecule has 1 aliphatic rings. The Kier molecular flexibility index (Phi) is 3.44. The Balaban J connectivity index is 1.79. The predicted molar refractivity (Wildman–Crippen MR) is 58.4 cm³/mol. The lowest BCUT2D eigenvalue weighted by Crippen LogP contribution is -2.29. The zero-order chi connectivity index (χ0) is 10.7. The van der Waals surface area contributed by atoms with Gasteiger partial charge < -0.3 is 9.52 Å². The highest BCUT2D eigenvalue weighted by Crippen LogP contribution is 2.26. The number of hydrogen-bond donors (Lipinski definition) is 1. The first kappa shape index (κ1) is 10.7. The minimum absolute atomic E-state index is 0.0935. The molecule has 1 heterocycles. The molecule has 3 heteroatoms. The summed E-state index contributed by atoms with van der Waals surface area (Å²) in [5.41, 5.74) is 0. The van der Waals surface area contributed by atoms with E-state index in [1.54, 1.807) is 6.26 Å². The summed E-state index contributed by atoms with van der Waals surface area (Å²) in [7, 11) is 2.08. The van der Waals surface area contributed by atoms with Crippen LogP contribution in [0.4, 0.5) is 0 Å². The lowest BCUT2D eigenvalue weighted by atomic mass is 10.1. The highest BCUT2D eigenvalue weighted by Gasteiger charge is 2.26. The fourth-order valence-corrected chi connectivity index (χ4v) is 2.36. The van der Waals surface area contributed by atoms with Crippen LogP contribution in [0.25, 0.3) is 0 Å². The van der Waals surface area contributed by atoms with E-state index in [1.807, 2.05) is 12.1 Å². The van der Waals surface area contributed by atoms with Crippen molar-refractivity contribution in [2.24, 2.45) is 5.92 Å². The number of rotatable bonds is 4. The van der Waals surface area contributed by atoms with Crippen LogP contribution < -0.4 is 0 Å². The molecule has 2 rings (SSSR count). The van der Waals surface area contributed by atoms with Gasteiger partial charge in [0.05, 0.1) is 18.9 Å². The molecular formula is C12H19NO2. The third-order valence-electron chi connectivity index (χ3n) is 3.17. The van der Waals surface area contributed by atoms with Crippen LogP contribution in [0.15, 0.2) is 22.8 Å². The molecular weight excluding hydrogens is 190 g/mol. The third-order valence-corrected chi connectivity index (χ3v) is 3.17. The second-order valence-electron chi connectivity index (χ2n) is 4.53. The van der Waals surface area contributed by atoms with Gasteiger partial charge in [0.2, 0.25) is 0 Å². The molecule has 1 aromatic rings. The lowest BCUT2D eigenvalue weighted by Gasteiger charge is -2.22. The molecule has 1 aromatic heterocycles. The number of aliphatic hydroxyl groups excluding tert-OH is 1. The summed E-state index contributed by atoms with van der Waals surface area (Å²) in [6.45, 7) is 1.79. The third kappa shape index (κ3) is 2.83. The predicted octanol–water partition coefficient (Wildman–Crippen LogP) is 1.87. The molecule has 1 fully saturated rings. The SMILES string of the molecule is CN(Cc1ccco1)CC1CCCC1O. The van der Waals surface area contributed by atoms with Gasteiger partial charge in [-0.05, 0) is 37.9 Å². The van der Waals surface area contributed by atoms with Crippen molar-refractivity contribution in [2.75, 3.05) is 13.6 Å². The highest BCUT2D eigenvalue weighted by molar-refractivity contribution is 4.97. The Morgan fingerprint density at radius 2 is 2.40 bits per heavy atom. The first-order valence-electron chi connectivity index (χ1n) is 5.64. The molecule has 0 aromatic carbocycles. The zero-order valence-electron chi connectivity index (χ0n) is 9.22. The standard InChI is InChI=1S/C12H19NO2/c1-13(9-11-5-3-7-15-11)8-10-4-2-6-12(10)14/h3,5,7,10,12,14H,2,4,6,8-9H2,1H3. The molecule has 3 nitrogen and oxygen atoms in total. The molecule has 0 bridgehead atoms. The van der Waals surface area contributed by atoms with Crippen molar-refractivity contribution in [1.82, 2.24) is 4.90 Å². The Morgan fingerprint density at radius 3 is 3.00 bits per heavy atom. The number of furan rings is 1. The number of nitrogens with zero attached hydrogens (tertiary/aromatic N) is 1. The van der Waals surface area contributed by atoms with Crippen molar-refractivity contribution in [3.05, 3.63) is 24.2 Å². The van der Waals surface area contributed by atoms with Crippen molar-refractivity contribution in [3.63, 3.8) is 0 Å². The molecule has 1 N–H and O–H groups in total. The topological polar surface area (TPSA) is 36.6 Å². The molecule has 1 saturated carbocycles. The molecule has 15 heavy (non-hydrogen) atoms. The molecule has 0 amide bonds. The maximum absolute atomic E-state index is 9.71. The molecule has 1 aliphatic carbocycles. The van der Waals surface area contributed by atoms with Crippen molar-refractivity contribution in [3.8, 4) is 0 Å². The van der Waals surface area contributed by atoms with E-state index in [2.05, 4.69) is 11.9 Å². The molecule has 2 atom stereocenters. The van der Waals surface area contributed by atoms with Gasteiger partial charge >= 0.3 is 0 Å². The van der Waals surface area contributed by atoms with E-state index >= 15 is 0 Å². The van der Waals surface area contributed by atoms with Crippen LogP contribution in [-0.4, -0.2) is 29.7 Å². The van der Waals surface area contributed by atoms with Gasteiger partial charge in [-0.3, -0.25) is 4.90 Å². The molecule has 0 saturated heterocycles. The van der Waals surface area contributed by atoms with Gasteiger partial charge in [-0.15, -0.1) is 0 Å². The Morgan fingerprint density at radius 1 is 1.53 bits per heavy atom. The second-order valence-corrected chi connectivity index (χ2v) is 4.53. The smallest absolute Gasteiger partial charge is 0.117 e. The summed E-state index contributed by atoms with van der Waals surface area (Å²) >= 11 is 0. The van der Waals surface area contributed by atoms with Crippen molar-refractivity contribution < 1.29 is 9.52 Å². The van der Waals surface area contributed by atoms with Crippen molar-refractivity contribution in [2.45, 2.75) is 31.9 Å². The van der Waals surface area contributed by atoms with E-state index in [0.29, 0.717) is 5.92 Å². The van der Waals surface area contributed by atoms with E-state index in [9.17, 15) is 5.11 Å². The fourth-order valence-electron chi connectivity index (χ4n) is 2.36. The van der Waals surface area contributed by atoms with E-state index in [-0.39, 0.29) is 6.10 Å². The Hall–Kier alpha value is -0.800. The number of hydrogen-bond acceptors (Lipinski definition) is 3. The van der Waals surface area contributed by atoms with Crippen LogP contribution in [-0.2, 0) is 6.54 Å². The zero-order valence-corrected chi connectivity index (χ0v) is 9.22. The molecule has 0 radical (unpaired) electrons. The summed E-state index contributed by atoms with van der Waals surface area (Å²) in [5.74, 6) is 1.44. The lowest BCUT2D eigenvalue weighted by molar-refractivity contribution is 0.106. The average Bonchev–Trinajstić information content (AvgIpc) is 2.79. The Labute approximate surface area is 90.7 Å². The summed E-state index contributed by atoms with van der Waals surface area (Å²) in [4.78, 5) is 2.22. The Bertz CT molecular complexity index is 284. The highest BCUT2D eigenvalue weighted by atomic mass is 16.3.